The van der Waals surface area contributed by atoms with E-state index in [-0.39, 0.29) is 0 Å². The Morgan fingerprint density at radius 3 is 2.88 bits per heavy atom. The predicted molar refractivity (Wildman–Crippen MR) is 69.3 cm³/mol. The van der Waals surface area contributed by atoms with Crippen LogP contribution in [0.1, 0.15) is 29.7 Å². The summed E-state index contributed by atoms with van der Waals surface area (Å²) >= 11 is 0. The van der Waals surface area contributed by atoms with E-state index in [1.807, 2.05) is 0 Å². The highest BCUT2D eigenvalue weighted by molar-refractivity contribution is 5.48. The highest BCUT2D eigenvalue weighted by Crippen LogP contribution is 2.23. The normalized spacial score (nSPS) is 14.8. The molecule has 3 rings (SSSR count). The van der Waals surface area contributed by atoms with Gasteiger partial charge in [0.15, 0.2) is 5.82 Å². The summed E-state index contributed by atoms with van der Waals surface area (Å²) in [6.07, 6.45) is 4.58. The van der Waals surface area contributed by atoms with E-state index in [1.54, 1.807) is 0 Å². The largest absolute Gasteiger partial charge is 0.368 e. The fraction of sp³-hybridized carbons (Fsp3) is 0.357. The van der Waals surface area contributed by atoms with Crippen LogP contribution in [0.2, 0.25) is 0 Å². The maximum absolute atomic E-state index is 4.38. The molecule has 88 valence electrons. The van der Waals surface area contributed by atoms with Crippen LogP contribution in [0.5, 0.6) is 0 Å². The summed E-state index contributed by atoms with van der Waals surface area (Å²) in [5, 5.41) is 10.9. The molecule has 0 fully saturated rings. The van der Waals surface area contributed by atoms with Crippen molar-refractivity contribution < 1.29 is 0 Å². The number of benzene rings is 1. The average molecular weight is 227 g/mol. The fourth-order valence-corrected chi connectivity index (χ4v) is 2.40. The molecule has 0 saturated heterocycles. The highest BCUT2D eigenvalue weighted by atomic mass is 15.2. The van der Waals surface area contributed by atoms with Crippen molar-refractivity contribution in [3.63, 3.8) is 0 Å². The number of anilines is 1. The Morgan fingerprint density at radius 2 is 2.00 bits per heavy atom. The van der Waals surface area contributed by atoms with Gasteiger partial charge >= 0.3 is 0 Å². The lowest BCUT2D eigenvalue weighted by Gasteiger charge is -2.03. The zero-order chi connectivity index (χ0) is 11.5. The lowest BCUT2D eigenvalue weighted by atomic mass is 10.0. The summed E-state index contributed by atoms with van der Waals surface area (Å²) < 4.78 is 0. The van der Waals surface area contributed by atoms with Crippen LogP contribution in [0.3, 0.4) is 0 Å². The van der Waals surface area contributed by atoms with Crippen LogP contribution in [0.15, 0.2) is 30.3 Å². The number of aromatic amines is 1. The van der Waals surface area contributed by atoms with Gasteiger partial charge in [0.2, 0.25) is 0 Å². The summed E-state index contributed by atoms with van der Waals surface area (Å²) in [5.41, 5.74) is 3.98. The Kier molecular flexibility index (Phi) is 2.82. The van der Waals surface area contributed by atoms with Crippen molar-refractivity contribution in [1.82, 2.24) is 10.2 Å². The predicted octanol–water partition coefficient (Wildman–Crippen LogP) is 2.75. The molecule has 0 unspecified atom stereocenters. The SMILES string of the molecule is c1ccc(Cc2[nH]nc3c2CCCCN3)cc1. The van der Waals surface area contributed by atoms with E-state index < -0.39 is 0 Å². The summed E-state index contributed by atoms with van der Waals surface area (Å²) in [6, 6.07) is 10.6. The number of hydrogen-bond acceptors (Lipinski definition) is 2. The number of hydrogen-bond donors (Lipinski definition) is 2. The van der Waals surface area contributed by atoms with Crippen molar-refractivity contribution in [2.45, 2.75) is 25.7 Å². The first-order valence-electron chi connectivity index (χ1n) is 6.27. The molecule has 1 aliphatic heterocycles. The second-order valence-corrected chi connectivity index (χ2v) is 4.58. The number of H-pyrrole nitrogens is 1. The van der Waals surface area contributed by atoms with E-state index in [0.717, 1.165) is 25.2 Å². The summed E-state index contributed by atoms with van der Waals surface area (Å²) in [6.45, 7) is 1.04. The number of rotatable bonds is 2. The van der Waals surface area contributed by atoms with Gasteiger partial charge < -0.3 is 5.32 Å². The first-order chi connectivity index (χ1) is 8.43. The molecule has 3 nitrogen and oxygen atoms in total. The molecule has 0 saturated carbocycles. The van der Waals surface area contributed by atoms with Crippen molar-refractivity contribution in [2.24, 2.45) is 0 Å². The van der Waals surface area contributed by atoms with Gasteiger partial charge in [-0.1, -0.05) is 30.3 Å². The van der Waals surface area contributed by atoms with Gasteiger partial charge in [0.05, 0.1) is 0 Å². The topological polar surface area (TPSA) is 40.7 Å². The number of nitrogens with one attached hydrogen (secondary N) is 2. The Hall–Kier alpha value is -1.77. The van der Waals surface area contributed by atoms with Gasteiger partial charge in [-0.2, -0.15) is 5.10 Å². The van der Waals surface area contributed by atoms with E-state index >= 15 is 0 Å². The van der Waals surface area contributed by atoms with Crippen molar-refractivity contribution in [1.29, 1.82) is 0 Å². The van der Waals surface area contributed by atoms with Crippen molar-refractivity contribution in [2.75, 3.05) is 11.9 Å². The van der Waals surface area contributed by atoms with Gasteiger partial charge in [-0.3, -0.25) is 5.10 Å². The molecule has 1 aromatic carbocycles. The number of aromatic nitrogens is 2. The quantitative estimate of drug-likeness (QED) is 0.828. The average Bonchev–Trinajstić information content (AvgIpc) is 2.61. The third kappa shape index (κ3) is 2.18. The molecule has 17 heavy (non-hydrogen) atoms. The Bertz CT molecular complexity index is 487. The number of fused-ring (bicyclic) bond motifs is 1. The molecule has 0 spiro atoms. The van der Waals surface area contributed by atoms with Crippen LogP contribution in [0.4, 0.5) is 5.82 Å². The van der Waals surface area contributed by atoms with Crippen LogP contribution in [-0.4, -0.2) is 16.7 Å². The monoisotopic (exact) mass is 227 g/mol. The zero-order valence-electron chi connectivity index (χ0n) is 9.87. The van der Waals surface area contributed by atoms with Gasteiger partial charge in [-0.15, -0.1) is 0 Å². The maximum Gasteiger partial charge on any atom is 0.151 e. The van der Waals surface area contributed by atoms with Crippen molar-refractivity contribution in [3.8, 4) is 0 Å². The lowest BCUT2D eigenvalue weighted by molar-refractivity contribution is 0.775. The molecule has 0 amide bonds. The minimum absolute atomic E-state index is 0.949. The van der Waals surface area contributed by atoms with Crippen LogP contribution in [0.25, 0.3) is 0 Å². The Morgan fingerprint density at radius 1 is 1.12 bits per heavy atom. The lowest BCUT2D eigenvalue weighted by Crippen LogP contribution is -1.99. The van der Waals surface area contributed by atoms with E-state index in [9.17, 15) is 0 Å². The minimum Gasteiger partial charge on any atom is -0.368 e. The van der Waals surface area contributed by atoms with Gasteiger partial charge in [0, 0.05) is 24.2 Å². The Labute approximate surface area is 101 Å². The molecule has 0 bridgehead atoms. The van der Waals surface area contributed by atoms with Crippen LogP contribution >= 0.6 is 0 Å². The minimum atomic E-state index is 0.949. The van der Waals surface area contributed by atoms with Crippen LogP contribution < -0.4 is 5.32 Å². The van der Waals surface area contributed by atoms with Crippen LogP contribution in [-0.2, 0) is 12.8 Å². The van der Waals surface area contributed by atoms with Gasteiger partial charge in [0.25, 0.3) is 0 Å². The maximum atomic E-state index is 4.38. The molecule has 2 N–H and O–H groups in total. The third-order valence-corrected chi connectivity index (χ3v) is 3.32. The smallest absolute Gasteiger partial charge is 0.151 e. The van der Waals surface area contributed by atoms with Gasteiger partial charge in [-0.05, 0) is 24.8 Å². The first kappa shape index (κ1) is 10.4. The van der Waals surface area contributed by atoms with Crippen LogP contribution in [0, 0.1) is 0 Å². The van der Waals surface area contributed by atoms with E-state index in [1.165, 1.54) is 29.7 Å². The van der Waals surface area contributed by atoms with E-state index in [0.29, 0.717) is 0 Å². The molecule has 0 aliphatic carbocycles. The summed E-state index contributed by atoms with van der Waals surface area (Å²) in [5.74, 6) is 1.06. The molecular weight excluding hydrogens is 210 g/mol. The number of nitrogens with zero attached hydrogens (tertiary/aromatic N) is 1. The molecule has 2 heterocycles. The molecule has 0 radical (unpaired) electrons. The third-order valence-electron chi connectivity index (χ3n) is 3.32. The molecule has 2 aromatic rings. The molecule has 3 heteroatoms. The molecule has 1 aromatic heterocycles. The van der Waals surface area contributed by atoms with Gasteiger partial charge in [-0.25, -0.2) is 0 Å². The van der Waals surface area contributed by atoms with Crippen molar-refractivity contribution >= 4 is 5.82 Å². The second kappa shape index (κ2) is 4.62. The zero-order valence-corrected chi connectivity index (χ0v) is 9.87. The summed E-state index contributed by atoms with van der Waals surface area (Å²) in [7, 11) is 0. The highest BCUT2D eigenvalue weighted by Gasteiger charge is 2.15. The standard InChI is InChI=1S/C14H17N3/c1-2-6-11(7-3-1)10-13-12-8-4-5-9-15-14(12)17-16-13/h1-3,6-7H,4-5,8-10H2,(H2,15,16,17). The Balaban J connectivity index is 1.86. The van der Waals surface area contributed by atoms with Gasteiger partial charge in [0.1, 0.15) is 0 Å². The van der Waals surface area contributed by atoms with Crippen molar-refractivity contribution in [3.05, 3.63) is 47.2 Å². The molecule has 1 aliphatic rings. The molecule has 0 atom stereocenters. The fourth-order valence-electron chi connectivity index (χ4n) is 2.40. The van der Waals surface area contributed by atoms with E-state index in [4.69, 9.17) is 0 Å². The van der Waals surface area contributed by atoms with E-state index in [2.05, 4.69) is 45.8 Å². The first-order valence-corrected chi connectivity index (χ1v) is 6.27. The molecular formula is C14H17N3. The second-order valence-electron chi connectivity index (χ2n) is 4.58. The summed E-state index contributed by atoms with van der Waals surface area (Å²) in [4.78, 5) is 0.